The van der Waals surface area contributed by atoms with Crippen LogP contribution < -0.4 is 5.32 Å². The molecule has 1 aromatic carbocycles. The highest BCUT2D eigenvalue weighted by molar-refractivity contribution is 5.36. The minimum absolute atomic E-state index is 0.0995. The molecule has 0 aromatic heterocycles. The summed E-state index contributed by atoms with van der Waals surface area (Å²) in [6.07, 6.45) is 5.91. The smallest absolute Gasteiger partial charge is 0.0943 e. The Morgan fingerprint density at radius 3 is 2.89 bits per heavy atom. The Morgan fingerprint density at radius 2 is 2.17 bits per heavy atom. The van der Waals surface area contributed by atoms with Gasteiger partial charge in [-0.1, -0.05) is 31.2 Å². The molecule has 0 spiro atoms. The highest BCUT2D eigenvalue weighted by Crippen LogP contribution is 2.27. The number of aryl methyl sites for hydroxylation is 2. The average Bonchev–Trinajstić information content (AvgIpc) is 2.86. The van der Waals surface area contributed by atoms with Crippen LogP contribution in [-0.4, -0.2) is 17.7 Å². The minimum Gasteiger partial charge on any atom is -0.387 e. The third-order valence-electron chi connectivity index (χ3n) is 3.81. The van der Waals surface area contributed by atoms with Crippen LogP contribution in [0.5, 0.6) is 0 Å². The molecule has 1 aliphatic carbocycles. The van der Waals surface area contributed by atoms with Gasteiger partial charge in [-0.25, -0.2) is 0 Å². The number of fused-ring (bicyclic) bond motifs is 1. The Hall–Kier alpha value is -1.12. The van der Waals surface area contributed by atoms with Crippen molar-refractivity contribution in [3.63, 3.8) is 0 Å². The Labute approximate surface area is 110 Å². The lowest BCUT2D eigenvalue weighted by molar-refractivity contribution is 0.128. The predicted octanol–water partition coefficient (Wildman–Crippen LogP) is 2.76. The van der Waals surface area contributed by atoms with Gasteiger partial charge in [0.05, 0.1) is 6.10 Å². The van der Waals surface area contributed by atoms with Crippen LogP contribution in [0.2, 0.25) is 0 Å². The molecule has 0 radical (unpaired) electrons. The summed E-state index contributed by atoms with van der Waals surface area (Å²) in [4.78, 5) is 0. The van der Waals surface area contributed by atoms with Crippen molar-refractivity contribution in [1.29, 1.82) is 0 Å². The lowest BCUT2D eigenvalue weighted by Gasteiger charge is -2.23. The molecule has 0 aliphatic heterocycles. The molecule has 2 rings (SSSR count). The van der Waals surface area contributed by atoms with Crippen molar-refractivity contribution in [1.82, 2.24) is 5.32 Å². The molecule has 98 valence electrons. The zero-order chi connectivity index (χ0) is 13.0. The Bertz CT molecular complexity index is 414. The van der Waals surface area contributed by atoms with Gasteiger partial charge < -0.3 is 10.4 Å². The quantitative estimate of drug-likeness (QED) is 0.755. The normalized spacial score (nSPS) is 17.2. The van der Waals surface area contributed by atoms with Crippen molar-refractivity contribution in [2.45, 2.75) is 44.8 Å². The van der Waals surface area contributed by atoms with Gasteiger partial charge >= 0.3 is 0 Å². The molecule has 0 saturated carbocycles. The van der Waals surface area contributed by atoms with Crippen LogP contribution in [0.4, 0.5) is 0 Å². The van der Waals surface area contributed by atoms with Gasteiger partial charge in [-0.05, 0) is 42.4 Å². The largest absolute Gasteiger partial charge is 0.387 e. The van der Waals surface area contributed by atoms with Crippen LogP contribution >= 0.6 is 0 Å². The third kappa shape index (κ3) is 2.82. The van der Waals surface area contributed by atoms with E-state index in [1.165, 1.54) is 24.0 Å². The van der Waals surface area contributed by atoms with E-state index in [0.717, 1.165) is 24.9 Å². The van der Waals surface area contributed by atoms with Crippen molar-refractivity contribution in [3.8, 4) is 0 Å². The molecule has 2 nitrogen and oxygen atoms in total. The molecule has 18 heavy (non-hydrogen) atoms. The monoisotopic (exact) mass is 245 g/mol. The van der Waals surface area contributed by atoms with Gasteiger partial charge in [-0.3, -0.25) is 0 Å². The van der Waals surface area contributed by atoms with Gasteiger partial charge in [0.15, 0.2) is 0 Å². The van der Waals surface area contributed by atoms with Crippen molar-refractivity contribution >= 4 is 0 Å². The van der Waals surface area contributed by atoms with Gasteiger partial charge in [-0.15, -0.1) is 6.58 Å². The minimum atomic E-state index is -0.430. The van der Waals surface area contributed by atoms with Crippen LogP contribution in [0.3, 0.4) is 0 Å². The second kappa shape index (κ2) is 6.17. The van der Waals surface area contributed by atoms with Gasteiger partial charge in [0, 0.05) is 12.6 Å². The van der Waals surface area contributed by atoms with Crippen LogP contribution in [-0.2, 0) is 12.8 Å². The maximum absolute atomic E-state index is 10.4. The predicted molar refractivity (Wildman–Crippen MR) is 75.7 cm³/mol. The van der Waals surface area contributed by atoms with E-state index >= 15 is 0 Å². The fourth-order valence-electron chi connectivity index (χ4n) is 2.72. The second-order valence-electron chi connectivity index (χ2n) is 5.04. The molecule has 2 heteroatoms. The van der Waals surface area contributed by atoms with E-state index in [9.17, 15) is 5.11 Å². The van der Waals surface area contributed by atoms with E-state index < -0.39 is 6.10 Å². The zero-order valence-electron chi connectivity index (χ0n) is 11.2. The highest BCUT2D eigenvalue weighted by atomic mass is 16.3. The standard InChI is InChI=1S/C16H23NO/c1-3-10-17-15(4-2)16(18)14-9-8-12-6-5-7-13(12)11-14/h3,8-9,11,15-18H,1,4-7,10H2,2H3. The summed E-state index contributed by atoms with van der Waals surface area (Å²) >= 11 is 0. The molecular weight excluding hydrogens is 222 g/mol. The molecule has 0 heterocycles. The first-order chi connectivity index (χ1) is 8.76. The maximum atomic E-state index is 10.4. The van der Waals surface area contributed by atoms with Gasteiger partial charge in [0.25, 0.3) is 0 Å². The number of aliphatic hydroxyl groups is 1. The first-order valence-electron chi connectivity index (χ1n) is 6.90. The summed E-state index contributed by atoms with van der Waals surface area (Å²) < 4.78 is 0. The molecule has 2 atom stereocenters. The number of hydrogen-bond acceptors (Lipinski definition) is 2. The molecule has 0 bridgehead atoms. The van der Waals surface area contributed by atoms with E-state index in [1.54, 1.807) is 0 Å². The van der Waals surface area contributed by atoms with Gasteiger partial charge in [0.1, 0.15) is 0 Å². The number of benzene rings is 1. The van der Waals surface area contributed by atoms with Crippen LogP contribution in [0.25, 0.3) is 0 Å². The fraction of sp³-hybridized carbons (Fsp3) is 0.500. The summed E-state index contributed by atoms with van der Waals surface area (Å²) in [7, 11) is 0. The van der Waals surface area contributed by atoms with Crippen molar-refractivity contribution < 1.29 is 5.11 Å². The molecule has 1 aromatic rings. The summed E-state index contributed by atoms with van der Waals surface area (Å²) in [6.45, 7) is 6.53. The molecule has 2 unspecified atom stereocenters. The molecule has 0 amide bonds. The maximum Gasteiger partial charge on any atom is 0.0943 e. The SMILES string of the molecule is C=CCNC(CC)C(O)c1ccc2c(c1)CCC2. The fourth-order valence-corrected chi connectivity index (χ4v) is 2.72. The van der Waals surface area contributed by atoms with Crippen molar-refractivity contribution in [2.75, 3.05) is 6.54 Å². The van der Waals surface area contributed by atoms with Gasteiger partial charge in [-0.2, -0.15) is 0 Å². The molecule has 2 N–H and O–H groups in total. The second-order valence-corrected chi connectivity index (χ2v) is 5.04. The molecule has 1 aliphatic rings. The van der Waals surface area contributed by atoms with E-state index in [4.69, 9.17) is 0 Å². The Balaban J connectivity index is 2.11. The summed E-state index contributed by atoms with van der Waals surface area (Å²) in [5.74, 6) is 0. The van der Waals surface area contributed by atoms with Crippen molar-refractivity contribution in [2.24, 2.45) is 0 Å². The van der Waals surface area contributed by atoms with Crippen LogP contribution in [0.1, 0.15) is 42.6 Å². The number of aliphatic hydroxyl groups excluding tert-OH is 1. The first-order valence-corrected chi connectivity index (χ1v) is 6.90. The summed E-state index contributed by atoms with van der Waals surface area (Å²) in [5, 5.41) is 13.8. The van der Waals surface area contributed by atoms with E-state index in [-0.39, 0.29) is 6.04 Å². The lowest BCUT2D eigenvalue weighted by Crippen LogP contribution is -2.34. The van der Waals surface area contributed by atoms with Crippen LogP contribution in [0.15, 0.2) is 30.9 Å². The number of hydrogen-bond donors (Lipinski definition) is 2. The van der Waals surface area contributed by atoms with E-state index in [1.807, 2.05) is 6.08 Å². The average molecular weight is 245 g/mol. The zero-order valence-corrected chi connectivity index (χ0v) is 11.2. The summed E-state index contributed by atoms with van der Waals surface area (Å²) in [5.41, 5.74) is 3.92. The molecule has 0 saturated heterocycles. The number of nitrogens with one attached hydrogen (secondary N) is 1. The van der Waals surface area contributed by atoms with Crippen LogP contribution in [0, 0.1) is 0 Å². The lowest BCUT2D eigenvalue weighted by atomic mass is 9.97. The highest BCUT2D eigenvalue weighted by Gasteiger charge is 2.20. The van der Waals surface area contributed by atoms with Gasteiger partial charge in [0.2, 0.25) is 0 Å². The Kier molecular flexibility index (Phi) is 4.56. The molecular formula is C16H23NO. The molecule has 0 fully saturated rings. The van der Waals surface area contributed by atoms with Crippen molar-refractivity contribution in [3.05, 3.63) is 47.5 Å². The Morgan fingerprint density at radius 1 is 1.39 bits per heavy atom. The topological polar surface area (TPSA) is 32.3 Å². The third-order valence-corrected chi connectivity index (χ3v) is 3.81. The summed E-state index contributed by atoms with van der Waals surface area (Å²) in [6, 6.07) is 6.54. The first kappa shape index (κ1) is 13.3. The number of rotatable bonds is 6. The van der Waals surface area contributed by atoms with E-state index in [0.29, 0.717) is 0 Å². The van der Waals surface area contributed by atoms with E-state index in [2.05, 4.69) is 37.0 Å².